The fourth-order valence-corrected chi connectivity index (χ4v) is 2.57. The van der Waals surface area contributed by atoms with Crippen LogP contribution in [0.5, 0.6) is 0 Å². The van der Waals surface area contributed by atoms with E-state index in [4.69, 9.17) is 11.6 Å². The number of carbonyl (C=O) groups excluding carboxylic acids is 1. The number of amides is 1. The molecule has 3 unspecified atom stereocenters. The molecule has 0 saturated carbocycles. The van der Waals surface area contributed by atoms with E-state index in [1.165, 1.54) is 6.07 Å². The van der Waals surface area contributed by atoms with E-state index in [0.717, 1.165) is 12.8 Å². The van der Waals surface area contributed by atoms with Gasteiger partial charge in [0.1, 0.15) is 0 Å². The van der Waals surface area contributed by atoms with E-state index < -0.39 is 0 Å². The molecule has 1 aromatic heterocycles. The number of hydrogen-bond acceptors (Lipinski definition) is 3. The van der Waals surface area contributed by atoms with Crippen molar-refractivity contribution in [1.29, 1.82) is 0 Å². The first kappa shape index (κ1) is 15.1. The number of aromatic nitrogens is 1. The van der Waals surface area contributed by atoms with Crippen molar-refractivity contribution < 1.29 is 4.79 Å². The number of pyridine rings is 1. The van der Waals surface area contributed by atoms with Gasteiger partial charge in [0, 0.05) is 30.2 Å². The maximum absolute atomic E-state index is 12.2. The summed E-state index contributed by atoms with van der Waals surface area (Å²) in [4.78, 5) is 23.7. The average Bonchev–Trinajstić information content (AvgIpc) is 2.43. The Kier molecular flexibility index (Phi) is 4.83. The third kappa shape index (κ3) is 3.41. The van der Waals surface area contributed by atoms with Crippen LogP contribution in [-0.2, 0) is 11.3 Å². The number of halogens is 1. The highest BCUT2D eigenvalue weighted by atomic mass is 35.5. The highest BCUT2D eigenvalue weighted by Gasteiger charge is 2.29. The predicted octanol–water partition coefficient (Wildman–Crippen LogP) is 1.55. The van der Waals surface area contributed by atoms with Crippen LogP contribution in [-0.4, -0.2) is 27.9 Å². The topological polar surface area (TPSA) is 63.1 Å². The van der Waals surface area contributed by atoms with Crippen molar-refractivity contribution in [2.24, 2.45) is 0 Å². The summed E-state index contributed by atoms with van der Waals surface area (Å²) in [5.41, 5.74) is 0.568. The van der Waals surface area contributed by atoms with Crippen molar-refractivity contribution in [2.45, 2.75) is 50.7 Å². The second-order valence-corrected chi connectivity index (χ2v) is 5.69. The molecule has 1 aromatic rings. The number of hydrogen-bond donors (Lipinski definition) is 2. The molecule has 1 fully saturated rings. The van der Waals surface area contributed by atoms with E-state index in [1.54, 1.807) is 16.8 Å². The Balaban J connectivity index is 2.03. The summed E-state index contributed by atoms with van der Waals surface area (Å²) in [5, 5.41) is 6.13. The first-order valence-corrected chi connectivity index (χ1v) is 7.36. The van der Waals surface area contributed by atoms with Crippen LogP contribution in [0.3, 0.4) is 0 Å². The van der Waals surface area contributed by atoms with Crippen molar-refractivity contribution in [2.75, 3.05) is 5.32 Å². The van der Waals surface area contributed by atoms with Gasteiger partial charge in [0.2, 0.25) is 5.91 Å². The van der Waals surface area contributed by atoms with Crippen LogP contribution in [0.2, 0.25) is 0 Å². The Morgan fingerprint density at radius 3 is 2.90 bits per heavy atom. The summed E-state index contributed by atoms with van der Waals surface area (Å²) >= 11 is 6.12. The van der Waals surface area contributed by atoms with Crippen LogP contribution < -0.4 is 16.2 Å². The Labute approximate surface area is 123 Å². The van der Waals surface area contributed by atoms with Gasteiger partial charge in [-0.25, -0.2) is 0 Å². The quantitative estimate of drug-likeness (QED) is 0.832. The minimum Gasteiger partial charge on any atom is -0.323 e. The number of alkyl halides is 1. The minimum atomic E-state index is -0.234. The van der Waals surface area contributed by atoms with Crippen molar-refractivity contribution in [3.8, 4) is 0 Å². The smallest absolute Gasteiger partial charge is 0.250 e. The van der Waals surface area contributed by atoms with E-state index in [0.29, 0.717) is 12.2 Å². The molecule has 0 aliphatic carbocycles. The van der Waals surface area contributed by atoms with Gasteiger partial charge in [-0.15, -0.1) is 11.6 Å². The van der Waals surface area contributed by atoms with Crippen LogP contribution in [0.1, 0.15) is 26.7 Å². The molecule has 6 heteroatoms. The van der Waals surface area contributed by atoms with E-state index in [9.17, 15) is 9.59 Å². The maximum Gasteiger partial charge on any atom is 0.250 e. The largest absolute Gasteiger partial charge is 0.323 e. The van der Waals surface area contributed by atoms with E-state index >= 15 is 0 Å². The molecule has 1 aliphatic heterocycles. The van der Waals surface area contributed by atoms with Crippen LogP contribution >= 0.6 is 11.6 Å². The number of nitrogens with zero attached hydrogens (tertiary/aromatic N) is 1. The fourth-order valence-electron chi connectivity index (χ4n) is 2.37. The molecule has 110 valence electrons. The summed E-state index contributed by atoms with van der Waals surface area (Å²) in [6.07, 6.45) is 3.21. The lowest BCUT2D eigenvalue weighted by Gasteiger charge is -2.31. The number of aryl methyl sites for hydroxylation is 1. The standard InChI is InChI=1S/C14H20ClN3O2/c1-3-18-8-10(4-7-13(18)19)17-14(20)12-6-5-11(15)9(2)16-12/h4,7-9,11-12,16H,3,5-6H2,1-2H3,(H,17,20). The highest BCUT2D eigenvalue weighted by molar-refractivity contribution is 6.21. The normalized spacial score (nSPS) is 26.2. The van der Waals surface area contributed by atoms with Crippen LogP contribution in [0.15, 0.2) is 23.1 Å². The van der Waals surface area contributed by atoms with Gasteiger partial charge in [0.05, 0.1) is 11.7 Å². The van der Waals surface area contributed by atoms with Gasteiger partial charge in [-0.3, -0.25) is 9.59 Å². The zero-order chi connectivity index (χ0) is 14.7. The van der Waals surface area contributed by atoms with Crippen molar-refractivity contribution in [1.82, 2.24) is 9.88 Å². The Hall–Kier alpha value is -1.33. The fraction of sp³-hybridized carbons (Fsp3) is 0.571. The minimum absolute atomic E-state index is 0.0695. The van der Waals surface area contributed by atoms with Gasteiger partial charge in [-0.2, -0.15) is 0 Å². The van der Waals surface area contributed by atoms with Crippen LogP contribution in [0, 0.1) is 0 Å². The van der Waals surface area contributed by atoms with Gasteiger partial charge in [-0.05, 0) is 32.8 Å². The monoisotopic (exact) mass is 297 g/mol. The summed E-state index contributed by atoms with van der Waals surface area (Å²) in [7, 11) is 0. The number of anilines is 1. The lowest BCUT2D eigenvalue weighted by molar-refractivity contribution is -0.118. The molecular weight excluding hydrogens is 278 g/mol. The number of piperidine rings is 1. The average molecular weight is 298 g/mol. The number of carbonyl (C=O) groups is 1. The first-order chi connectivity index (χ1) is 9.51. The SMILES string of the molecule is CCn1cc(NC(=O)C2CCC(Cl)C(C)N2)ccc1=O. The molecule has 0 spiro atoms. The summed E-state index contributed by atoms with van der Waals surface area (Å²) in [6.45, 7) is 4.45. The van der Waals surface area contributed by atoms with Crippen molar-refractivity contribution >= 4 is 23.2 Å². The molecule has 5 nitrogen and oxygen atoms in total. The zero-order valence-electron chi connectivity index (χ0n) is 11.7. The van der Waals surface area contributed by atoms with Gasteiger partial charge >= 0.3 is 0 Å². The molecule has 3 atom stereocenters. The number of rotatable bonds is 3. The molecule has 1 saturated heterocycles. The number of nitrogens with one attached hydrogen (secondary N) is 2. The second-order valence-electron chi connectivity index (χ2n) is 5.13. The lowest BCUT2D eigenvalue weighted by Crippen LogP contribution is -2.52. The molecule has 2 heterocycles. The van der Waals surface area contributed by atoms with Gasteiger partial charge in [-0.1, -0.05) is 0 Å². The summed E-state index contributed by atoms with van der Waals surface area (Å²) in [6, 6.07) is 2.97. The Morgan fingerprint density at radius 1 is 1.50 bits per heavy atom. The lowest BCUT2D eigenvalue weighted by atomic mass is 9.98. The van der Waals surface area contributed by atoms with E-state index in [1.807, 2.05) is 13.8 Å². The van der Waals surface area contributed by atoms with Crippen LogP contribution in [0.4, 0.5) is 5.69 Å². The molecular formula is C14H20ClN3O2. The van der Waals surface area contributed by atoms with Crippen LogP contribution in [0.25, 0.3) is 0 Å². The predicted molar refractivity (Wildman–Crippen MR) is 80.3 cm³/mol. The molecule has 2 rings (SSSR count). The maximum atomic E-state index is 12.2. The zero-order valence-corrected chi connectivity index (χ0v) is 12.5. The second kappa shape index (κ2) is 6.41. The molecule has 20 heavy (non-hydrogen) atoms. The van der Waals surface area contributed by atoms with Crippen molar-refractivity contribution in [3.63, 3.8) is 0 Å². The van der Waals surface area contributed by atoms with E-state index in [2.05, 4.69) is 10.6 Å². The van der Waals surface area contributed by atoms with E-state index in [-0.39, 0.29) is 28.9 Å². The van der Waals surface area contributed by atoms with Gasteiger partial charge in [0.25, 0.3) is 5.56 Å². The van der Waals surface area contributed by atoms with Crippen molar-refractivity contribution in [3.05, 3.63) is 28.7 Å². The summed E-state index contributed by atoms with van der Waals surface area (Å²) < 4.78 is 1.56. The molecule has 0 aromatic carbocycles. The molecule has 1 amide bonds. The Bertz CT molecular complexity index is 543. The summed E-state index contributed by atoms with van der Waals surface area (Å²) in [5.74, 6) is -0.0817. The van der Waals surface area contributed by atoms with Gasteiger partial charge < -0.3 is 15.2 Å². The Morgan fingerprint density at radius 2 is 2.25 bits per heavy atom. The third-order valence-corrected chi connectivity index (χ3v) is 4.24. The molecule has 0 bridgehead atoms. The van der Waals surface area contributed by atoms with Gasteiger partial charge in [0.15, 0.2) is 0 Å². The highest BCUT2D eigenvalue weighted by Crippen LogP contribution is 2.19. The first-order valence-electron chi connectivity index (χ1n) is 6.92. The third-order valence-electron chi connectivity index (χ3n) is 3.65. The molecule has 1 aliphatic rings. The molecule has 2 N–H and O–H groups in total. The molecule has 0 radical (unpaired) electrons.